The van der Waals surface area contributed by atoms with Gasteiger partial charge in [-0.05, 0) is 54.8 Å². The summed E-state index contributed by atoms with van der Waals surface area (Å²) in [5, 5.41) is 13.2. The van der Waals surface area contributed by atoms with Gasteiger partial charge in [0.1, 0.15) is 12.4 Å². The molecule has 0 saturated heterocycles. The summed E-state index contributed by atoms with van der Waals surface area (Å²) < 4.78 is 5.81. The average Bonchev–Trinajstić information content (AvgIpc) is 2.56. The smallest absolute Gasteiger partial charge is 0.120 e. The molecule has 2 aromatic rings. The molecule has 0 unspecified atom stereocenters. The summed E-state index contributed by atoms with van der Waals surface area (Å²) in [4.78, 5) is 0. The highest BCUT2D eigenvalue weighted by atomic mass is 35.5. The van der Waals surface area contributed by atoms with Crippen molar-refractivity contribution in [2.24, 2.45) is 0 Å². The molecule has 124 valence electrons. The lowest BCUT2D eigenvalue weighted by Gasteiger charge is -2.09. The summed E-state index contributed by atoms with van der Waals surface area (Å²) >= 11 is 11.9. The number of aliphatic hydroxyl groups excluding tert-OH is 1. The number of halogens is 2. The third kappa shape index (κ3) is 6.40. The SMILES string of the molecule is OCCCCNCc1cccc(OCc2ccc(Cl)c(Cl)c2)c1. The maximum Gasteiger partial charge on any atom is 0.120 e. The van der Waals surface area contributed by atoms with Crippen molar-refractivity contribution in [1.82, 2.24) is 5.32 Å². The molecule has 0 aliphatic heterocycles. The quantitative estimate of drug-likeness (QED) is 0.655. The van der Waals surface area contributed by atoms with Gasteiger partial charge in [-0.25, -0.2) is 0 Å². The fourth-order valence-electron chi connectivity index (χ4n) is 2.14. The second kappa shape index (κ2) is 9.78. The molecule has 3 nitrogen and oxygen atoms in total. The molecule has 2 aromatic carbocycles. The largest absolute Gasteiger partial charge is 0.489 e. The van der Waals surface area contributed by atoms with Gasteiger partial charge in [0.15, 0.2) is 0 Å². The van der Waals surface area contributed by atoms with Gasteiger partial charge in [-0.3, -0.25) is 0 Å². The minimum Gasteiger partial charge on any atom is -0.489 e. The number of hydrogen-bond donors (Lipinski definition) is 2. The first-order chi connectivity index (χ1) is 11.2. The van der Waals surface area contributed by atoms with E-state index in [1.54, 1.807) is 6.07 Å². The van der Waals surface area contributed by atoms with Crippen molar-refractivity contribution < 1.29 is 9.84 Å². The molecule has 2 N–H and O–H groups in total. The van der Waals surface area contributed by atoms with Crippen molar-refractivity contribution in [3.8, 4) is 5.75 Å². The van der Waals surface area contributed by atoms with Crippen molar-refractivity contribution in [1.29, 1.82) is 0 Å². The lowest BCUT2D eigenvalue weighted by atomic mass is 10.2. The molecule has 0 radical (unpaired) electrons. The number of hydrogen-bond acceptors (Lipinski definition) is 3. The fraction of sp³-hybridized carbons (Fsp3) is 0.333. The highest BCUT2D eigenvalue weighted by Gasteiger charge is 2.02. The Kier molecular flexibility index (Phi) is 7.69. The van der Waals surface area contributed by atoms with Gasteiger partial charge in [0.05, 0.1) is 10.0 Å². The Hall–Kier alpha value is -1.26. The van der Waals surface area contributed by atoms with Gasteiger partial charge in [0, 0.05) is 13.2 Å². The van der Waals surface area contributed by atoms with Crippen molar-refractivity contribution in [3.05, 3.63) is 63.6 Å². The molecule has 2 rings (SSSR count). The van der Waals surface area contributed by atoms with Crippen molar-refractivity contribution in [3.63, 3.8) is 0 Å². The van der Waals surface area contributed by atoms with Gasteiger partial charge in [-0.1, -0.05) is 41.4 Å². The molecular weight excluding hydrogens is 333 g/mol. The van der Waals surface area contributed by atoms with Crippen LogP contribution in [0.25, 0.3) is 0 Å². The second-order valence-corrected chi connectivity index (χ2v) is 6.11. The van der Waals surface area contributed by atoms with Crippen LogP contribution in [0.3, 0.4) is 0 Å². The van der Waals surface area contributed by atoms with Gasteiger partial charge in [0.2, 0.25) is 0 Å². The Bertz CT molecular complexity index is 620. The highest BCUT2D eigenvalue weighted by Crippen LogP contribution is 2.23. The van der Waals surface area contributed by atoms with Crippen LogP contribution >= 0.6 is 23.2 Å². The van der Waals surface area contributed by atoms with Gasteiger partial charge >= 0.3 is 0 Å². The topological polar surface area (TPSA) is 41.5 Å². The molecule has 0 spiro atoms. The fourth-order valence-corrected chi connectivity index (χ4v) is 2.46. The maximum atomic E-state index is 8.74. The van der Waals surface area contributed by atoms with Crippen molar-refractivity contribution in [2.45, 2.75) is 26.0 Å². The summed E-state index contributed by atoms with van der Waals surface area (Å²) in [5.74, 6) is 0.825. The first-order valence-electron chi connectivity index (χ1n) is 7.66. The van der Waals surface area contributed by atoms with E-state index in [-0.39, 0.29) is 6.61 Å². The molecule has 5 heteroatoms. The summed E-state index contributed by atoms with van der Waals surface area (Å²) in [5.41, 5.74) is 2.15. The molecular formula is C18H21Cl2NO2. The van der Waals surface area contributed by atoms with Gasteiger partial charge in [-0.2, -0.15) is 0 Å². The van der Waals surface area contributed by atoms with Crippen LogP contribution in [0.15, 0.2) is 42.5 Å². The van der Waals surface area contributed by atoms with Crippen LogP contribution in [-0.2, 0) is 13.2 Å². The molecule has 0 fully saturated rings. The molecule has 0 aliphatic rings. The molecule has 0 heterocycles. The first kappa shape index (κ1) is 18.1. The standard InChI is InChI=1S/C18H21Cl2NO2/c19-17-7-6-15(11-18(17)20)13-23-16-5-3-4-14(10-16)12-21-8-1-2-9-22/h3-7,10-11,21-22H,1-2,8-9,12-13H2. The van der Waals surface area contributed by atoms with E-state index in [0.29, 0.717) is 16.7 Å². The molecule has 23 heavy (non-hydrogen) atoms. The zero-order valence-electron chi connectivity index (χ0n) is 12.9. The highest BCUT2D eigenvalue weighted by molar-refractivity contribution is 6.42. The van der Waals surface area contributed by atoms with Crippen LogP contribution in [0.4, 0.5) is 0 Å². The Morgan fingerprint density at radius 2 is 1.83 bits per heavy atom. The van der Waals surface area contributed by atoms with Crippen molar-refractivity contribution >= 4 is 23.2 Å². The number of ether oxygens (including phenoxy) is 1. The number of rotatable bonds is 9. The van der Waals surface area contributed by atoms with Crippen molar-refractivity contribution in [2.75, 3.05) is 13.2 Å². The van der Waals surface area contributed by atoms with Gasteiger partial charge in [-0.15, -0.1) is 0 Å². The minimum atomic E-state index is 0.250. The van der Waals surface area contributed by atoms with Crippen LogP contribution in [0.1, 0.15) is 24.0 Å². The Morgan fingerprint density at radius 3 is 2.61 bits per heavy atom. The number of unbranched alkanes of at least 4 members (excludes halogenated alkanes) is 1. The predicted molar refractivity (Wildman–Crippen MR) is 95.3 cm³/mol. The zero-order chi connectivity index (χ0) is 16.5. The molecule has 0 aliphatic carbocycles. The molecule has 0 atom stereocenters. The lowest BCUT2D eigenvalue weighted by molar-refractivity contribution is 0.283. The van der Waals surface area contributed by atoms with E-state index in [2.05, 4.69) is 11.4 Å². The first-order valence-corrected chi connectivity index (χ1v) is 8.42. The number of nitrogens with one attached hydrogen (secondary N) is 1. The zero-order valence-corrected chi connectivity index (χ0v) is 14.4. The third-order valence-electron chi connectivity index (χ3n) is 3.38. The van der Waals surface area contributed by atoms with Crippen LogP contribution in [0.5, 0.6) is 5.75 Å². The summed E-state index contributed by atoms with van der Waals surface area (Å²) in [7, 11) is 0. The Balaban J connectivity index is 1.83. The number of benzene rings is 2. The number of aliphatic hydroxyl groups is 1. The summed E-state index contributed by atoms with van der Waals surface area (Å²) in [6, 6.07) is 13.5. The summed E-state index contributed by atoms with van der Waals surface area (Å²) in [6.07, 6.45) is 1.81. The molecule has 0 aromatic heterocycles. The van der Waals surface area contributed by atoms with Crippen LogP contribution in [0, 0.1) is 0 Å². The van der Waals surface area contributed by atoms with Crippen LogP contribution in [0.2, 0.25) is 10.0 Å². The van der Waals surface area contributed by atoms with Gasteiger partial charge in [0.25, 0.3) is 0 Å². The third-order valence-corrected chi connectivity index (χ3v) is 4.12. The van der Waals surface area contributed by atoms with E-state index in [1.165, 1.54) is 5.56 Å². The van der Waals surface area contributed by atoms with Crippen LogP contribution < -0.4 is 10.1 Å². The Labute approximate surface area is 147 Å². The monoisotopic (exact) mass is 353 g/mol. The summed E-state index contributed by atoms with van der Waals surface area (Å²) in [6.45, 7) is 2.38. The van der Waals surface area contributed by atoms with Crippen LogP contribution in [-0.4, -0.2) is 18.3 Å². The lowest BCUT2D eigenvalue weighted by Crippen LogP contribution is -2.15. The normalized spacial score (nSPS) is 10.7. The van der Waals surface area contributed by atoms with E-state index >= 15 is 0 Å². The van der Waals surface area contributed by atoms with E-state index in [0.717, 1.165) is 37.2 Å². The van der Waals surface area contributed by atoms with E-state index in [1.807, 2.05) is 30.3 Å². The average molecular weight is 354 g/mol. The van der Waals surface area contributed by atoms with E-state index in [4.69, 9.17) is 33.0 Å². The molecule has 0 saturated carbocycles. The molecule has 0 amide bonds. The molecule has 0 bridgehead atoms. The second-order valence-electron chi connectivity index (χ2n) is 5.29. The van der Waals surface area contributed by atoms with E-state index in [9.17, 15) is 0 Å². The maximum absolute atomic E-state index is 8.74. The van der Waals surface area contributed by atoms with Gasteiger partial charge < -0.3 is 15.2 Å². The predicted octanol–water partition coefficient (Wildman–Crippen LogP) is 4.43. The Morgan fingerprint density at radius 1 is 0.957 bits per heavy atom. The minimum absolute atomic E-state index is 0.250. The van der Waals surface area contributed by atoms with E-state index < -0.39 is 0 Å².